The van der Waals surface area contributed by atoms with Gasteiger partial charge in [-0.25, -0.2) is 4.98 Å². The number of likely N-dealkylation sites (N-methyl/N-ethyl adjacent to an activating group) is 1. The number of benzene rings is 1. The Balaban J connectivity index is 1.59. The zero-order chi connectivity index (χ0) is 21.1. The maximum absolute atomic E-state index is 12.5. The van der Waals surface area contributed by atoms with E-state index in [0.29, 0.717) is 23.5 Å². The van der Waals surface area contributed by atoms with E-state index in [2.05, 4.69) is 44.3 Å². The van der Waals surface area contributed by atoms with Crippen LogP contribution < -0.4 is 15.8 Å². The molecule has 1 aromatic carbocycles. The molecule has 0 aliphatic carbocycles. The smallest absolute Gasteiger partial charge is 0.270 e. The van der Waals surface area contributed by atoms with Crippen molar-refractivity contribution in [1.82, 2.24) is 19.4 Å². The van der Waals surface area contributed by atoms with Crippen LogP contribution in [0, 0.1) is 11.3 Å². The minimum atomic E-state index is -0.312. The van der Waals surface area contributed by atoms with E-state index in [1.807, 2.05) is 25.1 Å². The van der Waals surface area contributed by atoms with E-state index in [4.69, 9.17) is 0 Å². The number of anilines is 3. The average Bonchev–Trinajstić information content (AvgIpc) is 2.77. The maximum atomic E-state index is 12.5. The van der Waals surface area contributed by atoms with Crippen molar-refractivity contribution >= 4 is 28.4 Å². The van der Waals surface area contributed by atoms with Crippen molar-refractivity contribution in [2.24, 2.45) is 0 Å². The molecule has 4 rings (SSSR count). The number of hydrogen-bond donors (Lipinski definition) is 1. The Hall–Kier alpha value is -3.44. The Morgan fingerprint density at radius 1 is 1.17 bits per heavy atom. The highest BCUT2D eigenvalue weighted by Crippen LogP contribution is 2.22. The van der Waals surface area contributed by atoms with Crippen LogP contribution in [0.3, 0.4) is 0 Å². The van der Waals surface area contributed by atoms with E-state index in [1.54, 1.807) is 16.8 Å². The second kappa shape index (κ2) is 8.51. The van der Waals surface area contributed by atoms with Gasteiger partial charge in [-0.15, -0.1) is 0 Å². The lowest BCUT2D eigenvalue weighted by molar-refractivity contribution is 0.313. The van der Waals surface area contributed by atoms with Crippen LogP contribution in [0.25, 0.3) is 11.0 Å². The third kappa shape index (κ3) is 3.98. The van der Waals surface area contributed by atoms with Gasteiger partial charge < -0.3 is 15.1 Å². The molecule has 3 heterocycles. The summed E-state index contributed by atoms with van der Waals surface area (Å²) in [5.41, 5.74) is 2.42. The second-order valence-electron chi connectivity index (χ2n) is 7.56. The van der Waals surface area contributed by atoms with Crippen molar-refractivity contribution in [1.29, 1.82) is 5.26 Å². The number of aryl methyl sites for hydroxylation is 1. The Morgan fingerprint density at radius 3 is 2.57 bits per heavy atom. The summed E-state index contributed by atoms with van der Waals surface area (Å²) < 4.78 is 1.55. The quantitative estimate of drug-likeness (QED) is 0.700. The minimum absolute atomic E-state index is 0.111. The van der Waals surface area contributed by atoms with Gasteiger partial charge in [-0.1, -0.05) is 6.92 Å². The second-order valence-corrected chi connectivity index (χ2v) is 7.56. The molecule has 1 saturated heterocycles. The predicted octanol–water partition coefficient (Wildman–Crippen LogP) is 2.57. The average molecular weight is 403 g/mol. The van der Waals surface area contributed by atoms with E-state index in [0.717, 1.165) is 38.3 Å². The van der Waals surface area contributed by atoms with Crippen LogP contribution in [-0.2, 0) is 6.54 Å². The first kappa shape index (κ1) is 19.9. The summed E-state index contributed by atoms with van der Waals surface area (Å²) in [6.07, 6.45) is 2.42. The van der Waals surface area contributed by atoms with Gasteiger partial charge in [0.1, 0.15) is 17.3 Å². The number of nitriles is 1. The molecule has 0 spiro atoms. The lowest BCUT2D eigenvalue weighted by atomic mass is 10.2. The molecular formula is C22H25N7O. The minimum Gasteiger partial charge on any atom is -0.369 e. The van der Waals surface area contributed by atoms with Crippen molar-refractivity contribution in [3.05, 3.63) is 52.4 Å². The predicted molar refractivity (Wildman–Crippen MR) is 118 cm³/mol. The van der Waals surface area contributed by atoms with Crippen LogP contribution in [0.2, 0.25) is 0 Å². The number of fused-ring (bicyclic) bond motifs is 1. The van der Waals surface area contributed by atoms with Gasteiger partial charge in [0.05, 0.1) is 0 Å². The normalized spacial score (nSPS) is 14.6. The first-order valence-electron chi connectivity index (χ1n) is 10.2. The molecule has 1 N–H and O–H groups in total. The molecule has 0 unspecified atom stereocenters. The van der Waals surface area contributed by atoms with Gasteiger partial charge >= 0.3 is 0 Å². The van der Waals surface area contributed by atoms with E-state index in [9.17, 15) is 10.1 Å². The standard InChI is InChI=1S/C22H25N7O/c1-3-8-29-20-17(13-16(14-23)21(29)30)15-24-22(26-20)25-18-4-6-19(7-5-18)28-11-9-27(2)10-12-28/h4-7,13,15H,3,8-12H2,1-2H3,(H,24,25,26). The van der Waals surface area contributed by atoms with Gasteiger partial charge in [0.25, 0.3) is 5.56 Å². The molecule has 8 heteroatoms. The van der Waals surface area contributed by atoms with Crippen molar-refractivity contribution in [3.8, 4) is 6.07 Å². The lowest BCUT2D eigenvalue weighted by Gasteiger charge is -2.34. The number of rotatable bonds is 5. The van der Waals surface area contributed by atoms with E-state index in [-0.39, 0.29) is 11.1 Å². The van der Waals surface area contributed by atoms with E-state index < -0.39 is 0 Å². The molecule has 0 saturated carbocycles. The fourth-order valence-corrected chi connectivity index (χ4v) is 3.68. The van der Waals surface area contributed by atoms with Crippen molar-refractivity contribution in [2.75, 3.05) is 43.4 Å². The Kier molecular flexibility index (Phi) is 5.63. The van der Waals surface area contributed by atoms with Crippen LogP contribution in [-0.4, -0.2) is 52.7 Å². The molecule has 30 heavy (non-hydrogen) atoms. The Morgan fingerprint density at radius 2 is 1.90 bits per heavy atom. The molecule has 0 bridgehead atoms. The van der Waals surface area contributed by atoms with Crippen LogP contribution in [0.15, 0.2) is 41.3 Å². The summed E-state index contributed by atoms with van der Waals surface area (Å²) in [6.45, 7) is 6.67. The van der Waals surface area contributed by atoms with Gasteiger partial charge in [0.2, 0.25) is 5.95 Å². The summed E-state index contributed by atoms with van der Waals surface area (Å²) in [6, 6.07) is 11.7. The molecular weight excluding hydrogens is 378 g/mol. The highest BCUT2D eigenvalue weighted by Gasteiger charge is 2.14. The van der Waals surface area contributed by atoms with Gasteiger partial charge in [-0.05, 0) is 43.8 Å². The molecule has 3 aromatic rings. The molecule has 8 nitrogen and oxygen atoms in total. The zero-order valence-electron chi connectivity index (χ0n) is 17.3. The first-order chi connectivity index (χ1) is 14.6. The molecule has 154 valence electrons. The summed E-state index contributed by atoms with van der Waals surface area (Å²) in [5.74, 6) is 0.420. The third-order valence-corrected chi connectivity index (χ3v) is 5.39. The number of hydrogen-bond acceptors (Lipinski definition) is 7. The fraction of sp³-hybridized carbons (Fsp3) is 0.364. The lowest BCUT2D eigenvalue weighted by Crippen LogP contribution is -2.44. The highest BCUT2D eigenvalue weighted by molar-refractivity contribution is 5.77. The van der Waals surface area contributed by atoms with Crippen LogP contribution in [0.5, 0.6) is 0 Å². The maximum Gasteiger partial charge on any atom is 0.270 e. The fourth-order valence-electron chi connectivity index (χ4n) is 3.68. The molecule has 0 amide bonds. The third-order valence-electron chi connectivity index (χ3n) is 5.39. The monoisotopic (exact) mass is 403 g/mol. The van der Waals surface area contributed by atoms with Gasteiger partial charge in [0.15, 0.2) is 0 Å². The van der Waals surface area contributed by atoms with Crippen LogP contribution in [0.4, 0.5) is 17.3 Å². The molecule has 1 fully saturated rings. The summed E-state index contributed by atoms with van der Waals surface area (Å²) in [5, 5.41) is 13.1. The number of aromatic nitrogens is 3. The number of pyridine rings is 1. The largest absolute Gasteiger partial charge is 0.369 e. The molecule has 1 aliphatic rings. The number of nitrogens with one attached hydrogen (secondary N) is 1. The summed E-state index contributed by atoms with van der Waals surface area (Å²) in [7, 11) is 2.15. The van der Waals surface area contributed by atoms with Crippen molar-refractivity contribution in [2.45, 2.75) is 19.9 Å². The molecule has 2 aromatic heterocycles. The SMILES string of the molecule is CCCn1c(=O)c(C#N)cc2cnc(Nc3ccc(N4CCN(C)CC4)cc3)nc21. The van der Waals surface area contributed by atoms with Gasteiger partial charge in [0, 0.05) is 55.7 Å². The van der Waals surface area contributed by atoms with Crippen molar-refractivity contribution < 1.29 is 0 Å². The van der Waals surface area contributed by atoms with Gasteiger partial charge in [-0.3, -0.25) is 9.36 Å². The Labute approximate surface area is 175 Å². The zero-order valence-corrected chi connectivity index (χ0v) is 17.3. The highest BCUT2D eigenvalue weighted by atomic mass is 16.1. The van der Waals surface area contributed by atoms with Gasteiger partial charge in [-0.2, -0.15) is 10.2 Å². The van der Waals surface area contributed by atoms with Crippen LogP contribution >= 0.6 is 0 Å². The summed E-state index contributed by atoms with van der Waals surface area (Å²) >= 11 is 0. The number of piperazine rings is 1. The Bertz CT molecular complexity index is 1140. The molecule has 0 radical (unpaired) electrons. The van der Waals surface area contributed by atoms with Crippen LogP contribution in [0.1, 0.15) is 18.9 Å². The number of nitrogens with zero attached hydrogens (tertiary/aromatic N) is 6. The summed E-state index contributed by atoms with van der Waals surface area (Å²) in [4.78, 5) is 26.2. The van der Waals surface area contributed by atoms with E-state index in [1.165, 1.54) is 5.69 Å². The topological polar surface area (TPSA) is 90.1 Å². The van der Waals surface area contributed by atoms with E-state index >= 15 is 0 Å². The van der Waals surface area contributed by atoms with Crippen molar-refractivity contribution in [3.63, 3.8) is 0 Å². The molecule has 1 aliphatic heterocycles. The first-order valence-corrected chi connectivity index (χ1v) is 10.2. The molecule has 0 atom stereocenters.